The van der Waals surface area contributed by atoms with Crippen LogP contribution in [0.25, 0.3) is 0 Å². The summed E-state index contributed by atoms with van der Waals surface area (Å²) < 4.78 is 5.10. The number of thioether (sulfide) groups is 1. The molecule has 1 atom stereocenters. The third kappa shape index (κ3) is 4.99. The molecule has 3 aromatic carbocycles. The van der Waals surface area contributed by atoms with Crippen LogP contribution in [0.3, 0.4) is 0 Å². The van der Waals surface area contributed by atoms with Crippen molar-refractivity contribution >= 4 is 17.7 Å². The molecule has 26 heavy (non-hydrogen) atoms. The second kappa shape index (κ2) is 8.72. The van der Waals surface area contributed by atoms with Gasteiger partial charge >= 0.3 is 5.97 Å². The Morgan fingerprint density at radius 2 is 1.62 bits per heavy atom. The Labute approximate surface area is 159 Å². The number of aryl methyl sites for hydroxylation is 1. The van der Waals surface area contributed by atoms with Crippen molar-refractivity contribution in [2.45, 2.75) is 24.7 Å². The first-order valence-electron chi connectivity index (χ1n) is 8.64. The smallest absolute Gasteiger partial charge is 0.308 e. The summed E-state index contributed by atoms with van der Waals surface area (Å²) in [7, 11) is 0. The molecule has 3 heteroatoms. The molecule has 0 N–H and O–H groups in total. The predicted molar refractivity (Wildman–Crippen MR) is 108 cm³/mol. The summed E-state index contributed by atoms with van der Waals surface area (Å²) in [6, 6.07) is 27.0. The quantitative estimate of drug-likeness (QED) is 0.313. The van der Waals surface area contributed by atoms with Crippen LogP contribution >= 0.6 is 11.8 Å². The summed E-state index contributed by atoms with van der Waals surface area (Å²) in [5.74, 6) is 1.56. The number of benzene rings is 3. The second-order valence-corrected chi connectivity index (χ2v) is 7.35. The van der Waals surface area contributed by atoms with Crippen LogP contribution in [0.5, 0.6) is 5.75 Å². The van der Waals surface area contributed by atoms with Gasteiger partial charge < -0.3 is 4.74 Å². The molecule has 0 aliphatic heterocycles. The summed E-state index contributed by atoms with van der Waals surface area (Å²) in [6.45, 7) is 3.54. The Morgan fingerprint density at radius 3 is 2.27 bits per heavy atom. The van der Waals surface area contributed by atoms with Gasteiger partial charge in [0.15, 0.2) is 0 Å². The van der Waals surface area contributed by atoms with Gasteiger partial charge in [0.1, 0.15) is 5.75 Å². The van der Waals surface area contributed by atoms with Gasteiger partial charge in [-0.3, -0.25) is 4.79 Å². The zero-order valence-electron chi connectivity index (χ0n) is 15.0. The molecule has 0 saturated carbocycles. The van der Waals surface area contributed by atoms with Crippen molar-refractivity contribution < 1.29 is 9.53 Å². The molecule has 0 radical (unpaired) electrons. The van der Waals surface area contributed by atoms with Crippen molar-refractivity contribution in [1.29, 1.82) is 0 Å². The van der Waals surface area contributed by atoms with E-state index in [-0.39, 0.29) is 5.97 Å². The van der Waals surface area contributed by atoms with E-state index in [0.29, 0.717) is 11.7 Å². The van der Waals surface area contributed by atoms with Gasteiger partial charge in [-0.2, -0.15) is 0 Å². The van der Waals surface area contributed by atoms with Gasteiger partial charge in [-0.15, -0.1) is 11.8 Å². The fraction of sp³-hybridized carbons (Fsp3) is 0.174. The van der Waals surface area contributed by atoms with E-state index in [4.69, 9.17) is 4.74 Å². The van der Waals surface area contributed by atoms with E-state index in [9.17, 15) is 4.79 Å². The van der Waals surface area contributed by atoms with Gasteiger partial charge in [0.2, 0.25) is 0 Å². The molecule has 0 aliphatic rings. The lowest BCUT2D eigenvalue weighted by Crippen LogP contribution is -2.04. The number of ether oxygens (including phenoxy) is 1. The van der Waals surface area contributed by atoms with Gasteiger partial charge in [0.05, 0.1) is 0 Å². The van der Waals surface area contributed by atoms with Crippen LogP contribution in [-0.4, -0.2) is 11.7 Å². The number of hydrogen-bond donors (Lipinski definition) is 0. The summed E-state index contributed by atoms with van der Waals surface area (Å²) in [5.41, 5.74) is 3.93. The Kier molecular flexibility index (Phi) is 6.13. The number of hydrogen-bond acceptors (Lipinski definition) is 3. The normalized spacial score (nSPS) is 11.8. The highest BCUT2D eigenvalue weighted by atomic mass is 32.2. The van der Waals surface area contributed by atoms with Crippen LogP contribution in [0, 0.1) is 6.92 Å². The lowest BCUT2D eigenvalue weighted by Gasteiger charge is -2.18. The molecule has 3 aromatic rings. The predicted octanol–water partition coefficient (Wildman–Crippen LogP) is 5.84. The van der Waals surface area contributed by atoms with Gasteiger partial charge in [0.25, 0.3) is 0 Å². The standard InChI is InChI=1S/C23H22O2S/c1-17-7-6-10-20(15-17)23(19-8-4-3-5-9-19)16-26-22-13-11-21(12-14-22)25-18(2)24/h3-15,23H,16H2,1-2H3. The fourth-order valence-corrected chi connectivity index (χ4v) is 3.98. The molecule has 2 nitrogen and oxygen atoms in total. The highest BCUT2D eigenvalue weighted by Crippen LogP contribution is 2.32. The average Bonchev–Trinajstić information content (AvgIpc) is 2.64. The Bertz CT molecular complexity index is 857. The molecule has 132 valence electrons. The minimum absolute atomic E-state index is 0.297. The van der Waals surface area contributed by atoms with Crippen LogP contribution in [0.4, 0.5) is 0 Å². The minimum Gasteiger partial charge on any atom is -0.427 e. The van der Waals surface area contributed by atoms with Gasteiger partial charge in [-0.1, -0.05) is 60.2 Å². The van der Waals surface area contributed by atoms with Crippen molar-refractivity contribution in [2.75, 3.05) is 5.75 Å². The molecule has 0 heterocycles. The van der Waals surface area contributed by atoms with Crippen LogP contribution in [0.15, 0.2) is 83.8 Å². The fourth-order valence-electron chi connectivity index (χ4n) is 2.91. The third-order valence-electron chi connectivity index (χ3n) is 4.15. The van der Waals surface area contributed by atoms with Crippen molar-refractivity contribution in [3.05, 3.63) is 95.6 Å². The van der Waals surface area contributed by atoms with Crippen molar-refractivity contribution in [3.8, 4) is 5.75 Å². The zero-order valence-corrected chi connectivity index (χ0v) is 15.8. The van der Waals surface area contributed by atoms with Crippen LogP contribution in [-0.2, 0) is 4.79 Å². The molecule has 0 aromatic heterocycles. The minimum atomic E-state index is -0.297. The number of carbonyl (C=O) groups excluding carboxylic acids is 1. The van der Waals surface area contributed by atoms with E-state index in [1.54, 1.807) is 0 Å². The maximum absolute atomic E-state index is 11.0. The first-order chi connectivity index (χ1) is 12.6. The molecule has 0 fully saturated rings. The van der Waals surface area contributed by atoms with Crippen molar-refractivity contribution in [2.24, 2.45) is 0 Å². The summed E-state index contributed by atoms with van der Waals surface area (Å²) >= 11 is 1.81. The summed E-state index contributed by atoms with van der Waals surface area (Å²) in [6.07, 6.45) is 0. The molecule has 0 bridgehead atoms. The molecule has 0 spiro atoms. The molecule has 1 unspecified atom stereocenters. The van der Waals surface area contributed by atoms with E-state index in [2.05, 4.69) is 61.5 Å². The SMILES string of the molecule is CC(=O)Oc1ccc(SCC(c2ccccc2)c2cccc(C)c2)cc1. The highest BCUT2D eigenvalue weighted by Gasteiger charge is 2.15. The lowest BCUT2D eigenvalue weighted by atomic mass is 9.92. The Balaban J connectivity index is 1.77. The van der Waals surface area contributed by atoms with Crippen LogP contribution in [0.2, 0.25) is 0 Å². The van der Waals surface area contributed by atoms with Crippen molar-refractivity contribution in [1.82, 2.24) is 0 Å². The molecular weight excluding hydrogens is 340 g/mol. The Hall–Kier alpha value is -2.52. The number of rotatable bonds is 6. The summed E-state index contributed by atoms with van der Waals surface area (Å²) in [5, 5.41) is 0. The number of carbonyl (C=O) groups is 1. The molecule has 3 rings (SSSR count). The molecule has 0 amide bonds. The molecular formula is C23H22O2S. The first-order valence-corrected chi connectivity index (χ1v) is 9.63. The van der Waals surface area contributed by atoms with Crippen LogP contribution in [0.1, 0.15) is 29.5 Å². The maximum atomic E-state index is 11.0. The second-order valence-electron chi connectivity index (χ2n) is 6.25. The maximum Gasteiger partial charge on any atom is 0.308 e. The average molecular weight is 362 g/mol. The summed E-state index contributed by atoms with van der Waals surface area (Å²) in [4.78, 5) is 12.2. The van der Waals surface area contributed by atoms with E-state index in [1.165, 1.54) is 23.6 Å². The van der Waals surface area contributed by atoms with E-state index in [1.807, 2.05) is 36.0 Å². The van der Waals surface area contributed by atoms with Gasteiger partial charge in [-0.25, -0.2) is 0 Å². The Morgan fingerprint density at radius 1 is 0.923 bits per heavy atom. The number of esters is 1. The first kappa shape index (κ1) is 18.3. The zero-order chi connectivity index (χ0) is 18.4. The highest BCUT2D eigenvalue weighted by molar-refractivity contribution is 7.99. The molecule has 0 saturated heterocycles. The van der Waals surface area contributed by atoms with E-state index >= 15 is 0 Å². The van der Waals surface area contributed by atoms with E-state index in [0.717, 1.165) is 10.6 Å². The van der Waals surface area contributed by atoms with E-state index < -0.39 is 0 Å². The van der Waals surface area contributed by atoms with Crippen LogP contribution < -0.4 is 4.74 Å². The largest absolute Gasteiger partial charge is 0.427 e. The monoisotopic (exact) mass is 362 g/mol. The lowest BCUT2D eigenvalue weighted by molar-refractivity contribution is -0.131. The topological polar surface area (TPSA) is 26.3 Å². The van der Waals surface area contributed by atoms with Gasteiger partial charge in [-0.05, 0) is 42.3 Å². The third-order valence-corrected chi connectivity index (χ3v) is 5.25. The van der Waals surface area contributed by atoms with Gasteiger partial charge in [0, 0.05) is 23.5 Å². The van der Waals surface area contributed by atoms with Crippen molar-refractivity contribution in [3.63, 3.8) is 0 Å². The molecule has 0 aliphatic carbocycles.